The zero-order valence-corrected chi connectivity index (χ0v) is 12.4. The summed E-state index contributed by atoms with van der Waals surface area (Å²) in [5, 5.41) is 12.1. The Hall–Kier alpha value is -2.11. The first-order valence-electron chi connectivity index (χ1n) is 6.80. The molecule has 6 heteroatoms. The highest BCUT2D eigenvalue weighted by Crippen LogP contribution is 2.33. The Morgan fingerprint density at radius 1 is 1.35 bits per heavy atom. The van der Waals surface area contributed by atoms with Crippen LogP contribution in [0.4, 0.5) is 5.69 Å². The highest BCUT2D eigenvalue weighted by Gasteiger charge is 2.22. The molecule has 1 aromatic heterocycles. The zero-order valence-electron chi connectivity index (χ0n) is 12.4. The van der Waals surface area contributed by atoms with Gasteiger partial charge >= 0.3 is 0 Å². The van der Waals surface area contributed by atoms with E-state index in [2.05, 4.69) is 36.3 Å². The molecule has 2 aromatic rings. The maximum absolute atomic E-state index is 5.87. The maximum atomic E-state index is 5.87. The van der Waals surface area contributed by atoms with E-state index >= 15 is 0 Å². The third-order valence-corrected chi connectivity index (χ3v) is 3.46. The maximum Gasteiger partial charge on any atom is 0.186 e. The average molecular weight is 275 g/mol. The highest BCUT2D eigenvalue weighted by atomic mass is 16.5. The summed E-state index contributed by atoms with van der Waals surface area (Å²) in [6, 6.07) is 5.72. The highest BCUT2D eigenvalue weighted by molar-refractivity contribution is 5.68. The summed E-state index contributed by atoms with van der Waals surface area (Å²) in [5.74, 6) is 1.85. The summed E-state index contributed by atoms with van der Waals surface area (Å²) in [6.45, 7) is 6.46. The fourth-order valence-corrected chi connectivity index (χ4v) is 2.42. The molecule has 0 saturated carbocycles. The van der Waals surface area contributed by atoms with Crippen LogP contribution in [0.3, 0.4) is 0 Å². The number of benzene rings is 1. The van der Waals surface area contributed by atoms with Crippen LogP contribution in [0.2, 0.25) is 0 Å². The van der Waals surface area contributed by atoms with Gasteiger partial charge in [0.25, 0.3) is 0 Å². The smallest absolute Gasteiger partial charge is 0.186 e. The SMILES string of the molecule is CCC(C(C)C)n1nnnc1-c1cc(N)ccc1OC. The Morgan fingerprint density at radius 2 is 2.10 bits per heavy atom. The second-order valence-electron chi connectivity index (χ2n) is 5.13. The van der Waals surface area contributed by atoms with Crippen molar-refractivity contribution in [3.05, 3.63) is 18.2 Å². The molecule has 0 amide bonds. The van der Waals surface area contributed by atoms with E-state index in [1.807, 2.05) is 16.8 Å². The van der Waals surface area contributed by atoms with Gasteiger partial charge in [0.15, 0.2) is 5.82 Å². The Labute approximate surface area is 118 Å². The van der Waals surface area contributed by atoms with Gasteiger partial charge in [-0.05, 0) is 41.0 Å². The quantitative estimate of drug-likeness (QED) is 0.848. The molecular weight excluding hydrogens is 254 g/mol. The van der Waals surface area contributed by atoms with Crippen LogP contribution in [0.25, 0.3) is 11.4 Å². The fraction of sp³-hybridized carbons (Fsp3) is 0.500. The molecule has 0 aliphatic carbocycles. The Bertz CT molecular complexity index is 579. The first-order chi connectivity index (χ1) is 9.58. The molecular formula is C14H21N5O. The predicted molar refractivity (Wildman–Crippen MR) is 78.4 cm³/mol. The van der Waals surface area contributed by atoms with E-state index in [1.54, 1.807) is 13.2 Å². The summed E-state index contributed by atoms with van der Waals surface area (Å²) in [5.41, 5.74) is 7.35. The molecule has 0 saturated heterocycles. The second-order valence-corrected chi connectivity index (χ2v) is 5.13. The normalized spacial score (nSPS) is 12.7. The number of hydrogen-bond acceptors (Lipinski definition) is 5. The van der Waals surface area contributed by atoms with Crippen molar-refractivity contribution in [1.29, 1.82) is 0 Å². The molecule has 20 heavy (non-hydrogen) atoms. The third-order valence-electron chi connectivity index (χ3n) is 3.46. The van der Waals surface area contributed by atoms with Crippen LogP contribution in [-0.2, 0) is 0 Å². The number of rotatable bonds is 5. The molecule has 1 unspecified atom stereocenters. The molecule has 0 radical (unpaired) electrons. The van der Waals surface area contributed by atoms with Crippen LogP contribution in [0.1, 0.15) is 33.2 Å². The minimum atomic E-state index is 0.242. The van der Waals surface area contributed by atoms with Crippen LogP contribution in [0, 0.1) is 5.92 Å². The van der Waals surface area contributed by atoms with Crippen molar-refractivity contribution < 1.29 is 4.74 Å². The van der Waals surface area contributed by atoms with Gasteiger partial charge in [0.1, 0.15) is 5.75 Å². The lowest BCUT2D eigenvalue weighted by Crippen LogP contribution is -2.17. The van der Waals surface area contributed by atoms with Crippen LogP contribution in [-0.4, -0.2) is 27.3 Å². The van der Waals surface area contributed by atoms with E-state index < -0.39 is 0 Å². The van der Waals surface area contributed by atoms with E-state index in [-0.39, 0.29) is 6.04 Å². The monoisotopic (exact) mass is 275 g/mol. The number of tetrazole rings is 1. The van der Waals surface area contributed by atoms with E-state index in [9.17, 15) is 0 Å². The lowest BCUT2D eigenvalue weighted by Gasteiger charge is -2.20. The number of methoxy groups -OCH3 is 1. The van der Waals surface area contributed by atoms with Crippen molar-refractivity contribution in [2.75, 3.05) is 12.8 Å². The Kier molecular flexibility index (Phi) is 4.22. The predicted octanol–water partition coefficient (Wildman–Crippen LogP) is 2.54. The Morgan fingerprint density at radius 3 is 2.70 bits per heavy atom. The lowest BCUT2D eigenvalue weighted by molar-refractivity contribution is 0.333. The summed E-state index contributed by atoms with van der Waals surface area (Å²) in [6.07, 6.45) is 0.959. The topological polar surface area (TPSA) is 78.9 Å². The van der Waals surface area contributed by atoms with Crippen LogP contribution in [0.5, 0.6) is 5.75 Å². The molecule has 0 aliphatic rings. The Balaban J connectivity index is 2.54. The van der Waals surface area contributed by atoms with Crippen molar-refractivity contribution in [2.24, 2.45) is 5.92 Å². The second kappa shape index (κ2) is 5.90. The molecule has 2 N–H and O–H groups in total. The zero-order chi connectivity index (χ0) is 14.7. The van der Waals surface area contributed by atoms with Crippen molar-refractivity contribution in [3.63, 3.8) is 0 Å². The number of nitrogens with zero attached hydrogens (tertiary/aromatic N) is 4. The molecule has 0 bridgehead atoms. The molecule has 0 spiro atoms. The van der Waals surface area contributed by atoms with Crippen molar-refractivity contribution in [2.45, 2.75) is 33.2 Å². The van der Waals surface area contributed by atoms with Crippen LogP contribution >= 0.6 is 0 Å². The summed E-state index contributed by atoms with van der Waals surface area (Å²) < 4.78 is 7.25. The molecule has 0 aliphatic heterocycles. The molecule has 108 valence electrons. The molecule has 6 nitrogen and oxygen atoms in total. The molecule has 1 aromatic carbocycles. The van der Waals surface area contributed by atoms with Gasteiger partial charge < -0.3 is 10.5 Å². The van der Waals surface area contributed by atoms with Crippen LogP contribution in [0.15, 0.2) is 18.2 Å². The first-order valence-corrected chi connectivity index (χ1v) is 6.80. The molecule has 1 atom stereocenters. The minimum absolute atomic E-state index is 0.242. The van der Waals surface area contributed by atoms with Gasteiger partial charge in [0.05, 0.1) is 18.7 Å². The van der Waals surface area contributed by atoms with Gasteiger partial charge in [-0.1, -0.05) is 20.8 Å². The number of nitrogen functional groups attached to an aromatic ring is 1. The van der Waals surface area contributed by atoms with Gasteiger partial charge in [0, 0.05) is 5.69 Å². The van der Waals surface area contributed by atoms with Gasteiger partial charge in [0.2, 0.25) is 0 Å². The van der Waals surface area contributed by atoms with Crippen molar-refractivity contribution in [1.82, 2.24) is 20.2 Å². The standard InChI is InChI=1S/C14H21N5O/c1-5-12(9(2)3)19-14(16-17-18-19)11-8-10(15)6-7-13(11)20-4/h6-9,12H,5,15H2,1-4H3. The van der Waals surface area contributed by atoms with Gasteiger partial charge in [-0.2, -0.15) is 0 Å². The molecule has 0 fully saturated rings. The van der Waals surface area contributed by atoms with E-state index in [4.69, 9.17) is 10.5 Å². The number of nitrogens with two attached hydrogens (primary N) is 1. The molecule has 1 heterocycles. The van der Waals surface area contributed by atoms with Gasteiger partial charge in [-0.25, -0.2) is 4.68 Å². The van der Waals surface area contributed by atoms with Crippen molar-refractivity contribution >= 4 is 5.69 Å². The average Bonchev–Trinajstić information content (AvgIpc) is 2.88. The van der Waals surface area contributed by atoms with Crippen LogP contribution < -0.4 is 10.5 Å². The third kappa shape index (κ3) is 2.59. The minimum Gasteiger partial charge on any atom is -0.496 e. The van der Waals surface area contributed by atoms with Gasteiger partial charge in [-0.3, -0.25) is 0 Å². The first kappa shape index (κ1) is 14.3. The summed E-state index contributed by atoms with van der Waals surface area (Å²) in [7, 11) is 1.63. The van der Waals surface area contributed by atoms with Crippen molar-refractivity contribution in [3.8, 4) is 17.1 Å². The summed E-state index contributed by atoms with van der Waals surface area (Å²) in [4.78, 5) is 0. The van der Waals surface area contributed by atoms with E-state index in [0.29, 0.717) is 23.2 Å². The number of anilines is 1. The largest absolute Gasteiger partial charge is 0.496 e. The fourth-order valence-electron chi connectivity index (χ4n) is 2.42. The number of aromatic nitrogens is 4. The van der Waals surface area contributed by atoms with E-state index in [1.165, 1.54) is 0 Å². The molecule has 2 rings (SSSR count). The van der Waals surface area contributed by atoms with Gasteiger partial charge in [-0.15, -0.1) is 5.10 Å². The van der Waals surface area contributed by atoms with E-state index in [0.717, 1.165) is 12.0 Å². The summed E-state index contributed by atoms with van der Waals surface area (Å²) >= 11 is 0. The number of ether oxygens (including phenoxy) is 1. The lowest BCUT2D eigenvalue weighted by atomic mass is 10.0. The number of hydrogen-bond donors (Lipinski definition) is 1.